The van der Waals surface area contributed by atoms with Gasteiger partial charge in [0.15, 0.2) is 5.82 Å². The number of aromatic amines is 1. The van der Waals surface area contributed by atoms with Gasteiger partial charge in [0, 0.05) is 18.0 Å². The van der Waals surface area contributed by atoms with Crippen LogP contribution in [0.25, 0.3) is 11.3 Å². The molecule has 0 fully saturated rings. The Balaban J connectivity index is 0.000000686. The molecular weight excluding hydrogens is 222 g/mol. The first kappa shape index (κ1) is 13.4. The van der Waals surface area contributed by atoms with E-state index < -0.39 is 11.8 Å². The predicted molar refractivity (Wildman–Crippen MR) is 64.7 cm³/mol. The maximum absolute atomic E-state index is 13.7. The molecule has 0 saturated heterocycles. The number of halogens is 2. The lowest BCUT2D eigenvalue weighted by Crippen LogP contribution is -1.90. The van der Waals surface area contributed by atoms with E-state index in [4.69, 9.17) is 0 Å². The second-order valence-corrected chi connectivity index (χ2v) is 3.20. The summed E-state index contributed by atoms with van der Waals surface area (Å²) in [7, 11) is 0. The molecule has 2 nitrogen and oxygen atoms in total. The third-order valence-electron chi connectivity index (χ3n) is 2.30. The summed E-state index contributed by atoms with van der Waals surface area (Å²) in [4.78, 5) is 6.21. The first-order valence-corrected chi connectivity index (χ1v) is 5.70. The molecule has 2 rings (SSSR count). The van der Waals surface area contributed by atoms with Crippen molar-refractivity contribution in [1.29, 1.82) is 0 Å². The Morgan fingerprint density at radius 3 is 2.53 bits per heavy atom. The predicted octanol–water partition coefficient (Wildman–Crippen LogP) is 3.94. The van der Waals surface area contributed by atoms with E-state index in [1.165, 1.54) is 12.3 Å². The molecule has 17 heavy (non-hydrogen) atoms. The summed E-state index contributed by atoms with van der Waals surface area (Å²) >= 11 is 0. The number of pyridine rings is 1. The zero-order chi connectivity index (χ0) is 12.8. The molecule has 92 valence electrons. The van der Waals surface area contributed by atoms with Crippen molar-refractivity contribution in [2.24, 2.45) is 0 Å². The summed E-state index contributed by atoms with van der Waals surface area (Å²) in [5, 5.41) is 0. The van der Waals surface area contributed by atoms with E-state index in [-0.39, 0.29) is 11.3 Å². The van der Waals surface area contributed by atoms with Crippen molar-refractivity contribution < 1.29 is 8.78 Å². The fourth-order valence-electron chi connectivity index (χ4n) is 1.47. The number of nitrogens with one attached hydrogen (secondary N) is 1. The van der Waals surface area contributed by atoms with E-state index in [1.54, 1.807) is 12.3 Å². The normalized spacial score (nSPS) is 9.71. The fraction of sp³-hybridized carbons (Fsp3) is 0.308. The van der Waals surface area contributed by atoms with Crippen LogP contribution < -0.4 is 0 Å². The van der Waals surface area contributed by atoms with Crippen LogP contribution in [0.4, 0.5) is 8.78 Å². The molecule has 0 saturated carbocycles. The molecular formula is C13H16F2N2. The standard InChI is InChI=1S/C11H10F2N2.C2H6/c1-2-7-6-15-10(9(7)12)8-4-3-5-14-11(8)13;1-2/h3-6,15H,2H2,1H3;1-2H3. The summed E-state index contributed by atoms with van der Waals surface area (Å²) in [6, 6.07) is 3.07. The Hall–Kier alpha value is -1.71. The highest BCUT2D eigenvalue weighted by molar-refractivity contribution is 5.60. The lowest BCUT2D eigenvalue weighted by molar-refractivity contribution is 0.581. The van der Waals surface area contributed by atoms with Crippen LogP contribution in [0, 0.1) is 11.8 Å². The van der Waals surface area contributed by atoms with Crippen molar-refractivity contribution >= 4 is 0 Å². The summed E-state index contributed by atoms with van der Waals surface area (Å²) in [6.45, 7) is 5.84. The third-order valence-corrected chi connectivity index (χ3v) is 2.30. The lowest BCUT2D eigenvalue weighted by atomic mass is 10.1. The van der Waals surface area contributed by atoms with E-state index in [9.17, 15) is 8.78 Å². The van der Waals surface area contributed by atoms with Gasteiger partial charge < -0.3 is 4.98 Å². The molecule has 4 heteroatoms. The highest BCUT2D eigenvalue weighted by atomic mass is 19.1. The smallest absolute Gasteiger partial charge is 0.222 e. The highest BCUT2D eigenvalue weighted by Gasteiger charge is 2.14. The van der Waals surface area contributed by atoms with Gasteiger partial charge in [0.25, 0.3) is 0 Å². The van der Waals surface area contributed by atoms with Crippen molar-refractivity contribution in [1.82, 2.24) is 9.97 Å². The molecule has 0 unspecified atom stereocenters. The fourth-order valence-corrected chi connectivity index (χ4v) is 1.47. The number of hydrogen-bond donors (Lipinski definition) is 1. The molecule has 0 radical (unpaired) electrons. The number of aromatic nitrogens is 2. The second kappa shape index (κ2) is 6.13. The minimum Gasteiger partial charge on any atom is -0.358 e. The van der Waals surface area contributed by atoms with Gasteiger partial charge in [-0.1, -0.05) is 20.8 Å². The average Bonchev–Trinajstić information content (AvgIpc) is 2.74. The Bertz CT molecular complexity index is 478. The van der Waals surface area contributed by atoms with E-state index >= 15 is 0 Å². The average molecular weight is 238 g/mol. The summed E-state index contributed by atoms with van der Waals surface area (Å²) in [5.74, 6) is -1.06. The third kappa shape index (κ3) is 2.70. The van der Waals surface area contributed by atoms with Crippen LogP contribution in [-0.4, -0.2) is 9.97 Å². The Morgan fingerprint density at radius 1 is 1.29 bits per heavy atom. The van der Waals surface area contributed by atoms with Gasteiger partial charge in [-0.05, 0) is 18.6 Å². The van der Waals surface area contributed by atoms with Gasteiger partial charge >= 0.3 is 0 Å². The van der Waals surface area contributed by atoms with Crippen LogP contribution in [0.1, 0.15) is 26.3 Å². The van der Waals surface area contributed by atoms with Gasteiger partial charge in [-0.2, -0.15) is 4.39 Å². The molecule has 2 heterocycles. The zero-order valence-corrected chi connectivity index (χ0v) is 10.2. The lowest BCUT2D eigenvalue weighted by Gasteiger charge is -1.99. The molecule has 1 N–H and O–H groups in total. The van der Waals surface area contributed by atoms with Crippen molar-refractivity contribution in [2.45, 2.75) is 27.2 Å². The monoisotopic (exact) mass is 238 g/mol. The molecule has 2 aromatic rings. The van der Waals surface area contributed by atoms with E-state index in [1.807, 2.05) is 20.8 Å². The van der Waals surface area contributed by atoms with Crippen LogP contribution >= 0.6 is 0 Å². The first-order valence-electron chi connectivity index (χ1n) is 5.70. The topological polar surface area (TPSA) is 28.7 Å². The minimum atomic E-state index is -0.666. The molecule has 0 atom stereocenters. The van der Waals surface area contributed by atoms with Crippen LogP contribution in [0.3, 0.4) is 0 Å². The van der Waals surface area contributed by atoms with Gasteiger partial charge in [0.05, 0.1) is 11.3 Å². The van der Waals surface area contributed by atoms with Crippen molar-refractivity contribution in [3.63, 3.8) is 0 Å². The van der Waals surface area contributed by atoms with Gasteiger partial charge in [-0.25, -0.2) is 9.37 Å². The van der Waals surface area contributed by atoms with Crippen molar-refractivity contribution in [3.05, 3.63) is 41.9 Å². The summed E-state index contributed by atoms with van der Waals surface area (Å²) < 4.78 is 26.9. The van der Waals surface area contributed by atoms with Crippen LogP contribution in [0.2, 0.25) is 0 Å². The van der Waals surface area contributed by atoms with Crippen molar-refractivity contribution in [3.8, 4) is 11.3 Å². The Morgan fingerprint density at radius 2 is 2.00 bits per heavy atom. The molecule has 0 bridgehead atoms. The molecule has 0 spiro atoms. The maximum atomic E-state index is 13.7. The molecule has 0 aliphatic rings. The SMILES string of the molecule is CC.CCc1c[nH]c(-c2cccnc2F)c1F. The van der Waals surface area contributed by atoms with E-state index in [0.29, 0.717) is 12.0 Å². The largest absolute Gasteiger partial charge is 0.358 e. The van der Waals surface area contributed by atoms with Gasteiger partial charge in [0.2, 0.25) is 5.95 Å². The van der Waals surface area contributed by atoms with Gasteiger partial charge in [0.1, 0.15) is 0 Å². The minimum absolute atomic E-state index is 0.162. The molecule has 2 aromatic heterocycles. The Kier molecular flexibility index (Phi) is 4.82. The van der Waals surface area contributed by atoms with E-state index in [2.05, 4.69) is 9.97 Å². The quantitative estimate of drug-likeness (QED) is 0.788. The number of rotatable bonds is 2. The Labute approximate surface area is 99.7 Å². The number of hydrogen-bond acceptors (Lipinski definition) is 1. The molecule has 0 aliphatic heterocycles. The zero-order valence-electron chi connectivity index (χ0n) is 10.2. The van der Waals surface area contributed by atoms with E-state index in [0.717, 1.165) is 0 Å². The number of aryl methyl sites for hydroxylation is 1. The summed E-state index contributed by atoms with van der Waals surface area (Å²) in [5.41, 5.74) is 0.875. The second-order valence-electron chi connectivity index (χ2n) is 3.20. The van der Waals surface area contributed by atoms with Gasteiger partial charge in [-0.15, -0.1) is 0 Å². The number of nitrogens with zero attached hydrogens (tertiary/aromatic N) is 1. The molecule has 0 aromatic carbocycles. The molecule has 0 amide bonds. The van der Waals surface area contributed by atoms with Crippen LogP contribution in [-0.2, 0) is 6.42 Å². The summed E-state index contributed by atoms with van der Waals surface area (Å²) in [6.07, 6.45) is 3.46. The highest BCUT2D eigenvalue weighted by Crippen LogP contribution is 2.25. The van der Waals surface area contributed by atoms with Crippen LogP contribution in [0.15, 0.2) is 24.5 Å². The number of H-pyrrole nitrogens is 1. The van der Waals surface area contributed by atoms with Gasteiger partial charge in [-0.3, -0.25) is 0 Å². The van der Waals surface area contributed by atoms with Crippen LogP contribution in [0.5, 0.6) is 0 Å². The molecule has 0 aliphatic carbocycles. The maximum Gasteiger partial charge on any atom is 0.222 e. The first-order chi connectivity index (χ1) is 8.24. The van der Waals surface area contributed by atoms with Crippen molar-refractivity contribution in [2.75, 3.05) is 0 Å².